The molecule has 2 heterocycles. The van der Waals surface area contributed by atoms with E-state index in [1.807, 2.05) is 32.0 Å². The van der Waals surface area contributed by atoms with Crippen molar-refractivity contribution < 1.29 is 35.9 Å². The van der Waals surface area contributed by atoms with Gasteiger partial charge in [-0.2, -0.15) is 26.3 Å². The monoisotopic (exact) mass is 661 g/mol. The molecule has 3 N–H and O–H groups in total. The quantitative estimate of drug-likeness (QED) is 0.239. The van der Waals surface area contributed by atoms with Crippen molar-refractivity contribution in [2.24, 2.45) is 4.99 Å². The summed E-state index contributed by atoms with van der Waals surface area (Å²) in [5.41, 5.74) is 0.836. The summed E-state index contributed by atoms with van der Waals surface area (Å²) in [6.07, 6.45) is -9.24. The molecule has 0 radical (unpaired) electrons. The number of aryl methyl sites for hydroxylation is 2. The van der Waals surface area contributed by atoms with E-state index in [9.17, 15) is 35.9 Å². The van der Waals surface area contributed by atoms with Crippen molar-refractivity contribution in [3.63, 3.8) is 0 Å². The van der Waals surface area contributed by atoms with Gasteiger partial charge in [-0.05, 0) is 74.7 Å². The van der Waals surface area contributed by atoms with Crippen molar-refractivity contribution in [1.82, 2.24) is 4.90 Å². The SMILES string of the molecule is CC1=C(C(=O)Nc2ccc(C)cc2C)C(c2ccc(NC(=O)Nc3cc(C(F)(F)F)cc(C(F)(F)F)c3)cc2)N2CCCSC2=N1. The lowest BCUT2D eigenvalue weighted by molar-refractivity contribution is -0.143. The number of nitrogens with one attached hydrogen (secondary N) is 3. The van der Waals surface area contributed by atoms with Gasteiger partial charge in [-0.15, -0.1) is 0 Å². The number of halogens is 6. The third-order valence-electron chi connectivity index (χ3n) is 7.46. The first-order valence-corrected chi connectivity index (χ1v) is 15.1. The number of thioether (sulfide) groups is 1. The standard InChI is InChI=1S/C32H29F6N5O2S/c1-17-5-10-25(18(2)13-17)42-28(44)26-19(3)39-30-43(11-4-12-46-30)27(26)20-6-8-23(9-7-20)40-29(45)41-24-15-21(31(33,34)35)14-22(16-24)32(36,37)38/h5-10,13-16,27H,4,11-12H2,1-3H3,(H,42,44)(H2,40,41,45). The van der Waals surface area contributed by atoms with Crippen molar-refractivity contribution in [3.8, 4) is 0 Å². The fourth-order valence-electron chi connectivity index (χ4n) is 5.32. The number of benzene rings is 3. The highest BCUT2D eigenvalue weighted by Gasteiger charge is 2.38. The van der Waals surface area contributed by atoms with E-state index in [4.69, 9.17) is 4.99 Å². The molecule has 0 saturated carbocycles. The number of carbonyl (C=O) groups excluding carboxylic acids is 2. The minimum Gasteiger partial charge on any atom is -0.340 e. The van der Waals surface area contributed by atoms with E-state index in [0.29, 0.717) is 35.6 Å². The van der Waals surface area contributed by atoms with Crippen LogP contribution in [0.4, 0.5) is 48.2 Å². The minimum absolute atomic E-state index is 0.0172. The summed E-state index contributed by atoms with van der Waals surface area (Å²) in [6, 6.07) is 11.5. The number of urea groups is 1. The van der Waals surface area contributed by atoms with Gasteiger partial charge < -0.3 is 20.9 Å². The van der Waals surface area contributed by atoms with Gasteiger partial charge in [0.05, 0.1) is 28.4 Å². The van der Waals surface area contributed by atoms with E-state index < -0.39 is 41.2 Å². The molecule has 1 fully saturated rings. The van der Waals surface area contributed by atoms with Gasteiger partial charge in [-0.25, -0.2) is 9.79 Å². The molecule has 5 rings (SSSR count). The van der Waals surface area contributed by atoms with Crippen LogP contribution in [-0.2, 0) is 17.1 Å². The summed E-state index contributed by atoms with van der Waals surface area (Å²) >= 11 is 1.59. The normalized spacial score (nSPS) is 16.8. The highest BCUT2D eigenvalue weighted by molar-refractivity contribution is 8.13. The van der Waals surface area contributed by atoms with Gasteiger partial charge in [0.1, 0.15) is 0 Å². The number of allylic oxidation sites excluding steroid dienone is 1. The largest absolute Gasteiger partial charge is 0.416 e. The number of nitrogens with zero attached hydrogens (tertiary/aromatic N) is 2. The number of hydrogen-bond acceptors (Lipinski definition) is 5. The number of rotatable bonds is 5. The second-order valence-electron chi connectivity index (χ2n) is 11.0. The zero-order valence-electron chi connectivity index (χ0n) is 24.9. The first-order valence-electron chi connectivity index (χ1n) is 14.1. The third-order valence-corrected chi connectivity index (χ3v) is 8.54. The van der Waals surface area contributed by atoms with Crippen LogP contribution >= 0.6 is 11.8 Å². The second kappa shape index (κ2) is 12.7. The summed E-state index contributed by atoms with van der Waals surface area (Å²) in [7, 11) is 0. The van der Waals surface area contributed by atoms with Gasteiger partial charge in [0.15, 0.2) is 5.17 Å². The predicted molar refractivity (Wildman–Crippen MR) is 167 cm³/mol. The number of alkyl halides is 6. The van der Waals surface area contributed by atoms with Crippen LogP contribution in [0.2, 0.25) is 0 Å². The van der Waals surface area contributed by atoms with Gasteiger partial charge in [-0.1, -0.05) is 41.6 Å². The number of anilines is 3. The zero-order valence-corrected chi connectivity index (χ0v) is 25.7. The molecule has 2 aliphatic rings. The van der Waals surface area contributed by atoms with Crippen molar-refractivity contribution in [3.05, 3.63) is 99.8 Å². The fourth-order valence-corrected chi connectivity index (χ4v) is 6.34. The van der Waals surface area contributed by atoms with E-state index in [0.717, 1.165) is 34.0 Å². The number of carbonyl (C=O) groups is 2. The Kier molecular flexibility index (Phi) is 9.12. The Hall–Kier alpha value is -4.46. The first kappa shape index (κ1) is 32.9. The summed E-state index contributed by atoms with van der Waals surface area (Å²) in [4.78, 5) is 33.1. The van der Waals surface area contributed by atoms with Crippen molar-refractivity contribution in [2.75, 3.05) is 28.2 Å². The van der Waals surface area contributed by atoms with Gasteiger partial charge in [0.2, 0.25) is 0 Å². The number of amides is 3. The maximum Gasteiger partial charge on any atom is 0.416 e. The van der Waals surface area contributed by atoms with E-state index in [1.54, 1.807) is 43.0 Å². The molecule has 46 heavy (non-hydrogen) atoms. The molecule has 0 bridgehead atoms. The van der Waals surface area contributed by atoms with E-state index in [1.165, 1.54) is 0 Å². The maximum absolute atomic E-state index is 13.8. The van der Waals surface area contributed by atoms with Crippen LogP contribution in [0.15, 0.2) is 76.9 Å². The van der Waals surface area contributed by atoms with Gasteiger partial charge >= 0.3 is 18.4 Å². The molecule has 0 spiro atoms. The molecule has 3 aromatic carbocycles. The molecule has 2 aliphatic heterocycles. The van der Waals surface area contributed by atoms with Crippen molar-refractivity contribution in [2.45, 2.75) is 45.6 Å². The maximum atomic E-state index is 13.8. The Labute approximate surface area is 265 Å². The third kappa shape index (κ3) is 7.33. The van der Waals surface area contributed by atoms with Crippen LogP contribution in [-0.4, -0.2) is 34.3 Å². The molecule has 1 atom stereocenters. The molecular weight excluding hydrogens is 632 g/mol. The topological polar surface area (TPSA) is 85.8 Å². The number of fused-ring (bicyclic) bond motifs is 1. The van der Waals surface area contributed by atoms with Crippen LogP contribution in [0.25, 0.3) is 0 Å². The number of hydrogen-bond donors (Lipinski definition) is 3. The first-order chi connectivity index (χ1) is 21.6. The highest BCUT2D eigenvalue weighted by Crippen LogP contribution is 2.41. The Morgan fingerprint density at radius 2 is 1.46 bits per heavy atom. The average molecular weight is 662 g/mol. The average Bonchev–Trinajstić information content (AvgIpc) is 2.97. The van der Waals surface area contributed by atoms with Crippen molar-refractivity contribution in [1.29, 1.82) is 0 Å². The van der Waals surface area contributed by atoms with Crippen LogP contribution in [0.5, 0.6) is 0 Å². The summed E-state index contributed by atoms with van der Waals surface area (Å²) in [6.45, 7) is 6.30. The van der Waals surface area contributed by atoms with Crippen LogP contribution in [0, 0.1) is 13.8 Å². The molecule has 0 aromatic heterocycles. The van der Waals surface area contributed by atoms with Crippen LogP contribution in [0.3, 0.4) is 0 Å². The molecule has 3 aromatic rings. The lowest BCUT2D eigenvalue weighted by Gasteiger charge is -2.41. The molecular formula is C32H29F6N5O2S. The van der Waals surface area contributed by atoms with Gasteiger partial charge in [0.25, 0.3) is 5.91 Å². The smallest absolute Gasteiger partial charge is 0.340 e. The zero-order chi connectivity index (χ0) is 33.4. The molecule has 3 amide bonds. The van der Waals surface area contributed by atoms with E-state index in [2.05, 4.69) is 20.9 Å². The molecule has 1 saturated heterocycles. The van der Waals surface area contributed by atoms with Crippen LogP contribution < -0.4 is 16.0 Å². The Morgan fingerprint density at radius 3 is 2.07 bits per heavy atom. The lowest BCUT2D eigenvalue weighted by atomic mass is 9.93. The molecule has 7 nitrogen and oxygen atoms in total. The van der Waals surface area contributed by atoms with Crippen LogP contribution in [0.1, 0.15) is 47.2 Å². The lowest BCUT2D eigenvalue weighted by Crippen LogP contribution is -2.43. The minimum atomic E-state index is -5.05. The Morgan fingerprint density at radius 1 is 0.826 bits per heavy atom. The van der Waals surface area contributed by atoms with Gasteiger partial charge in [0, 0.05) is 29.4 Å². The number of amidine groups is 1. The predicted octanol–water partition coefficient (Wildman–Crippen LogP) is 8.75. The summed E-state index contributed by atoms with van der Waals surface area (Å²) in [5, 5.41) is 8.29. The fraction of sp³-hybridized carbons (Fsp3) is 0.281. The molecule has 0 aliphatic carbocycles. The van der Waals surface area contributed by atoms with Crippen molar-refractivity contribution >= 4 is 45.9 Å². The summed E-state index contributed by atoms with van der Waals surface area (Å²) in [5.74, 6) is 0.571. The molecule has 14 heteroatoms. The molecule has 1 unspecified atom stereocenters. The molecule has 242 valence electrons. The van der Waals surface area contributed by atoms with E-state index in [-0.39, 0.29) is 17.7 Å². The van der Waals surface area contributed by atoms with Gasteiger partial charge in [-0.3, -0.25) is 4.79 Å². The Balaban J connectivity index is 1.38. The highest BCUT2D eigenvalue weighted by atomic mass is 32.2. The van der Waals surface area contributed by atoms with E-state index >= 15 is 0 Å². The number of aliphatic imine (C=N–C) groups is 1. The summed E-state index contributed by atoms with van der Waals surface area (Å²) < 4.78 is 79.3. The second-order valence-corrected chi connectivity index (χ2v) is 12.0. The Bertz CT molecular complexity index is 1700.